The number of carbonyl (C=O) groups excluding carboxylic acids is 1. The molecule has 0 aromatic heterocycles. The number of halogens is 1. The Morgan fingerprint density at radius 1 is 1.44 bits per heavy atom. The molecule has 18 heavy (non-hydrogen) atoms. The first-order valence-corrected chi connectivity index (χ1v) is 6.11. The molecule has 0 heterocycles. The summed E-state index contributed by atoms with van der Waals surface area (Å²) < 4.78 is 12.9. The van der Waals surface area contributed by atoms with Crippen LogP contribution in [0.2, 0.25) is 0 Å². The van der Waals surface area contributed by atoms with Gasteiger partial charge in [-0.15, -0.1) is 0 Å². The molecule has 0 aliphatic heterocycles. The van der Waals surface area contributed by atoms with Crippen molar-refractivity contribution >= 4 is 5.91 Å². The minimum atomic E-state index is -0.208. The molecule has 1 rings (SSSR count). The SMILES string of the molecule is Cc1cc(F)ccc1CCNC(C)C(=O)N(C)C. The molecule has 0 fully saturated rings. The molecule has 0 radical (unpaired) electrons. The number of rotatable bonds is 5. The minimum absolute atomic E-state index is 0.0610. The van der Waals surface area contributed by atoms with E-state index in [0.717, 1.165) is 17.5 Å². The summed E-state index contributed by atoms with van der Waals surface area (Å²) in [6.45, 7) is 4.44. The van der Waals surface area contributed by atoms with Crippen LogP contribution in [0.15, 0.2) is 18.2 Å². The van der Waals surface area contributed by atoms with E-state index in [1.54, 1.807) is 25.1 Å². The normalized spacial score (nSPS) is 12.3. The third kappa shape index (κ3) is 4.11. The van der Waals surface area contributed by atoms with Crippen molar-refractivity contribution < 1.29 is 9.18 Å². The van der Waals surface area contributed by atoms with Crippen molar-refractivity contribution in [3.8, 4) is 0 Å². The van der Waals surface area contributed by atoms with Gasteiger partial charge >= 0.3 is 0 Å². The van der Waals surface area contributed by atoms with E-state index in [1.807, 2.05) is 13.8 Å². The summed E-state index contributed by atoms with van der Waals surface area (Å²) >= 11 is 0. The highest BCUT2D eigenvalue weighted by Gasteiger charge is 2.13. The third-order valence-electron chi connectivity index (χ3n) is 2.96. The average Bonchev–Trinajstić information content (AvgIpc) is 2.30. The smallest absolute Gasteiger partial charge is 0.238 e. The second-order valence-corrected chi connectivity index (χ2v) is 4.73. The van der Waals surface area contributed by atoms with Crippen molar-refractivity contribution in [1.29, 1.82) is 0 Å². The Bertz CT molecular complexity index is 418. The summed E-state index contributed by atoms with van der Waals surface area (Å²) in [4.78, 5) is 13.2. The molecule has 1 aromatic carbocycles. The third-order valence-corrected chi connectivity index (χ3v) is 2.96. The Morgan fingerprint density at radius 3 is 2.67 bits per heavy atom. The summed E-state index contributed by atoms with van der Waals surface area (Å²) in [5.41, 5.74) is 2.05. The highest BCUT2D eigenvalue weighted by Crippen LogP contribution is 2.10. The van der Waals surface area contributed by atoms with Crippen LogP contribution < -0.4 is 5.32 Å². The predicted molar refractivity (Wildman–Crippen MR) is 71.0 cm³/mol. The Labute approximate surface area is 108 Å². The quantitative estimate of drug-likeness (QED) is 0.866. The van der Waals surface area contributed by atoms with E-state index in [0.29, 0.717) is 6.54 Å². The van der Waals surface area contributed by atoms with Crippen molar-refractivity contribution in [2.45, 2.75) is 26.3 Å². The molecule has 1 atom stereocenters. The molecule has 0 spiro atoms. The van der Waals surface area contributed by atoms with Crippen LogP contribution in [0, 0.1) is 12.7 Å². The number of carbonyl (C=O) groups is 1. The first kappa shape index (κ1) is 14.6. The van der Waals surface area contributed by atoms with Crippen LogP contribution in [0.3, 0.4) is 0 Å². The van der Waals surface area contributed by atoms with Crippen molar-refractivity contribution in [2.75, 3.05) is 20.6 Å². The molecule has 1 unspecified atom stereocenters. The lowest BCUT2D eigenvalue weighted by atomic mass is 10.1. The number of likely N-dealkylation sites (N-methyl/N-ethyl adjacent to an activating group) is 1. The van der Waals surface area contributed by atoms with Gasteiger partial charge in [-0.2, -0.15) is 0 Å². The Hall–Kier alpha value is -1.42. The molecular weight excluding hydrogens is 231 g/mol. The Kier molecular flexibility index (Phi) is 5.28. The zero-order valence-electron chi connectivity index (χ0n) is 11.5. The first-order chi connectivity index (χ1) is 8.41. The van der Waals surface area contributed by atoms with Gasteiger partial charge in [-0.3, -0.25) is 4.79 Å². The summed E-state index contributed by atoms with van der Waals surface area (Å²) in [5.74, 6) is -0.147. The van der Waals surface area contributed by atoms with Gasteiger partial charge < -0.3 is 10.2 Å². The lowest BCUT2D eigenvalue weighted by molar-refractivity contribution is -0.130. The van der Waals surface area contributed by atoms with Crippen LogP contribution in [0.4, 0.5) is 4.39 Å². The molecule has 3 nitrogen and oxygen atoms in total. The van der Waals surface area contributed by atoms with Crippen LogP contribution in [0.5, 0.6) is 0 Å². The van der Waals surface area contributed by atoms with Gasteiger partial charge in [0.2, 0.25) is 5.91 Å². The van der Waals surface area contributed by atoms with Crippen molar-refractivity contribution in [1.82, 2.24) is 10.2 Å². The summed E-state index contributed by atoms with van der Waals surface area (Å²) in [6.07, 6.45) is 0.789. The fourth-order valence-corrected chi connectivity index (χ4v) is 1.84. The number of aryl methyl sites for hydroxylation is 1. The van der Waals surface area contributed by atoms with Gasteiger partial charge in [-0.25, -0.2) is 4.39 Å². The topological polar surface area (TPSA) is 32.3 Å². The van der Waals surface area contributed by atoms with E-state index in [4.69, 9.17) is 0 Å². The van der Waals surface area contributed by atoms with E-state index in [1.165, 1.54) is 12.1 Å². The van der Waals surface area contributed by atoms with Gasteiger partial charge in [-0.1, -0.05) is 6.07 Å². The van der Waals surface area contributed by atoms with E-state index in [-0.39, 0.29) is 17.8 Å². The number of hydrogen-bond donors (Lipinski definition) is 1. The molecule has 1 amide bonds. The maximum atomic E-state index is 12.9. The van der Waals surface area contributed by atoms with E-state index in [9.17, 15) is 9.18 Å². The van der Waals surface area contributed by atoms with Crippen LogP contribution in [-0.4, -0.2) is 37.5 Å². The van der Waals surface area contributed by atoms with Gasteiger partial charge in [0, 0.05) is 14.1 Å². The second kappa shape index (κ2) is 6.50. The second-order valence-electron chi connectivity index (χ2n) is 4.73. The van der Waals surface area contributed by atoms with E-state index in [2.05, 4.69) is 5.32 Å². The molecular formula is C14H21FN2O. The van der Waals surface area contributed by atoms with Crippen LogP contribution in [0.25, 0.3) is 0 Å². The Balaban J connectivity index is 2.44. The van der Waals surface area contributed by atoms with Gasteiger partial charge in [0.1, 0.15) is 5.82 Å². The lowest BCUT2D eigenvalue weighted by Gasteiger charge is -2.18. The minimum Gasteiger partial charge on any atom is -0.347 e. The average molecular weight is 252 g/mol. The van der Waals surface area contributed by atoms with Crippen molar-refractivity contribution in [2.24, 2.45) is 0 Å². The monoisotopic (exact) mass is 252 g/mol. The molecule has 0 saturated carbocycles. The molecule has 0 aliphatic rings. The molecule has 0 saturated heterocycles. The summed E-state index contributed by atoms with van der Waals surface area (Å²) in [6, 6.07) is 4.60. The van der Waals surface area contributed by atoms with Gasteiger partial charge in [0.25, 0.3) is 0 Å². The molecule has 1 N–H and O–H groups in total. The zero-order chi connectivity index (χ0) is 13.7. The number of nitrogens with one attached hydrogen (secondary N) is 1. The fourth-order valence-electron chi connectivity index (χ4n) is 1.84. The maximum absolute atomic E-state index is 12.9. The number of amides is 1. The molecule has 1 aromatic rings. The molecule has 0 bridgehead atoms. The summed E-state index contributed by atoms with van der Waals surface area (Å²) in [5, 5.41) is 3.17. The predicted octanol–water partition coefficient (Wildman–Crippen LogP) is 1.74. The highest BCUT2D eigenvalue weighted by molar-refractivity contribution is 5.80. The largest absolute Gasteiger partial charge is 0.347 e. The maximum Gasteiger partial charge on any atom is 0.238 e. The van der Waals surface area contributed by atoms with Crippen molar-refractivity contribution in [3.63, 3.8) is 0 Å². The van der Waals surface area contributed by atoms with Gasteiger partial charge in [-0.05, 0) is 50.1 Å². The first-order valence-electron chi connectivity index (χ1n) is 6.11. The van der Waals surface area contributed by atoms with Crippen LogP contribution >= 0.6 is 0 Å². The number of benzene rings is 1. The molecule has 100 valence electrons. The fraction of sp³-hybridized carbons (Fsp3) is 0.500. The van der Waals surface area contributed by atoms with Crippen molar-refractivity contribution in [3.05, 3.63) is 35.1 Å². The van der Waals surface area contributed by atoms with E-state index < -0.39 is 0 Å². The Morgan fingerprint density at radius 2 is 2.11 bits per heavy atom. The van der Waals surface area contributed by atoms with E-state index >= 15 is 0 Å². The van der Waals surface area contributed by atoms with Gasteiger partial charge in [0.05, 0.1) is 6.04 Å². The molecule has 0 aliphatic carbocycles. The number of nitrogens with zero attached hydrogens (tertiary/aromatic N) is 1. The zero-order valence-corrected chi connectivity index (χ0v) is 11.5. The standard InChI is InChI=1S/C14H21FN2O/c1-10-9-13(15)6-5-12(10)7-8-16-11(2)14(18)17(3)4/h5-6,9,11,16H,7-8H2,1-4H3. The summed E-state index contributed by atoms with van der Waals surface area (Å²) in [7, 11) is 3.48. The lowest BCUT2D eigenvalue weighted by Crippen LogP contribution is -2.42. The van der Waals surface area contributed by atoms with Crippen LogP contribution in [0.1, 0.15) is 18.1 Å². The van der Waals surface area contributed by atoms with Crippen LogP contribution in [-0.2, 0) is 11.2 Å². The van der Waals surface area contributed by atoms with Gasteiger partial charge in [0.15, 0.2) is 0 Å². The highest BCUT2D eigenvalue weighted by atomic mass is 19.1. The molecule has 4 heteroatoms. The number of hydrogen-bond acceptors (Lipinski definition) is 2.